The van der Waals surface area contributed by atoms with Gasteiger partial charge in [0.2, 0.25) is 0 Å². The SMILES string of the molecule is Cc1nc2sccn2c1CNCC1CCOC1C. The summed E-state index contributed by atoms with van der Waals surface area (Å²) in [7, 11) is 0. The number of fused-ring (bicyclic) bond motifs is 1. The average molecular weight is 265 g/mol. The second-order valence-corrected chi connectivity index (χ2v) is 5.83. The summed E-state index contributed by atoms with van der Waals surface area (Å²) in [4.78, 5) is 5.64. The Morgan fingerprint density at radius 2 is 2.50 bits per heavy atom. The molecule has 4 nitrogen and oxygen atoms in total. The van der Waals surface area contributed by atoms with Crippen molar-refractivity contribution in [3.8, 4) is 0 Å². The molecule has 0 radical (unpaired) electrons. The molecular formula is C13H19N3OS. The van der Waals surface area contributed by atoms with Crippen LogP contribution in [0.2, 0.25) is 0 Å². The van der Waals surface area contributed by atoms with E-state index in [-0.39, 0.29) is 0 Å². The van der Waals surface area contributed by atoms with Crippen LogP contribution in [0.3, 0.4) is 0 Å². The molecule has 1 aliphatic rings. The lowest BCUT2D eigenvalue weighted by Gasteiger charge is -2.14. The van der Waals surface area contributed by atoms with Gasteiger partial charge in [-0.05, 0) is 26.2 Å². The third kappa shape index (κ3) is 2.18. The third-order valence-corrected chi connectivity index (χ3v) is 4.55. The summed E-state index contributed by atoms with van der Waals surface area (Å²) in [5.74, 6) is 0.649. The van der Waals surface area contributed by atoms with Crippen molar-refractivity contribution >= 4 is 16.3 Å². The van der Waals surface area contributed by atoms with Crippen molar-refractivity contribution in [1.29, 1.82) is 0 Å². The van der Waals surface area contributed by atoms with Gasteiger partial charge in [0, 0.05) is 31.3 Å². The van der Waals surface area contributed by atoms with Crippen molar-refractivity contribution in [1.82, 2.24) is 14.7 Å². The molecule has 0 bridgehead atoms. The molecule has 2 aromatic heterocycles. The van der Waals surface area contributed by atoms with Crippen LogP contribution in [0.1, 0.15) is 24.7 Å². The van der Waals surface area contributed by atoms with Gasteiger partial charge in [-0.15, -0.1) is 11.3 Å². The predicted octanol–water partition coefficient (Wildman–Crippen LogP) is 2.22. The number of nitrogens with one attached hydrogen (secondary N) is 1. The highest BCUT2D eigenvalue weighted by Gasteiger charge is 2.23. The Hall–Kier alpha value is -0.910. The summed E-state index contributed by atoms with van der Waals surface area (Å²) in [6.07, 6.45) is 3.66. The largest absolute Gasteiger partial charge is 0.378 e. The van der Waals surface area contributed by atoms with E-state index in [2.05, 4.69) is 40.1 Å². The minimum Gasteiger partial charge on any atom is -0.378 e. The first kappa shape index (κ1) is 12.1. The molecule has 3 rings (SSSR count). The number of aromatic nitrogens is 2. The molecule has 5 heteroatoms. The minimum absolute atomic E-state index is 0.394. The molecule has 98 valence electrons. The molecule has 0 aromatic carbocycles. The van der Waals surface area contributed by atoms with Crippen LogP contribution < -0.4 is 5.32 Å². The normalized spacial score (nSPS) is 24.1. The zero-order chi connectivity index (χ0) is 12.5. The fraction of sp³-hybridized carbons (Fsp3) is 0.615. The monoisotopic (exact) mass is 265 g/mol. The molecule has 1 saturated heterocycles. The Morgan fingerprint density at radius 1 is 1.61 bits per heavy atom. The van der Waals surface area contributed by atoms with E-state index in [1.54, 1.807) is 11.3 Å². The molecule has 1 aliphatic heterocycles. The van der Waals surface area contributed by atoms with Gasteiger partial charge in [0.05, 0.1) is 17.5 Å². The molecule has 1 N–H and O–H groups in total. The van der Waals surface area contributed by atoms with Crippen molar-refractivity contribution in [2.75, 3.05) is 13.2 Å². The topological polar surface area (TPSA) is 38.6 Å². The van der Waals surface area contributed by atoms with Crippen molar-refractivity contribution < 1.29 is 4.74 Å². The fourth-order valence-electron chi connectivity index (χ4n) is 2.57. The van der Waals surface area contributed by atoms with Crippen molar-refractivity contribution in [2.45, 2.75) is 32.9 Å². The molecule has 2 unspecified atom stereocenters. The Balaban J connectivity index is 1.62. The molecule has 0 saturated carbocycles. The van der Waals surface area contributed by atoms with Crippen LogP contribution in [0.4, 0.5) is 0 Å². The van der Waals surface area contributed by atoms with Crippen LogP contribution in [-0.2, 0) is 11.3 Å². The van der Waals surface area contributed by atoms with E-state index in [9.17, 15) is 0 Å². The Labute approximate surface area is 111 Å². The highest BCUT2D eigenvalue weighted by Crippen LogP contribution is 2.20. The average Bonchev–Trinajstić information content (AvgIpc) is 2.99. The molecule has 2 aromatic rings. The summed E-state index contributed by atoms with van der Waals surface area (Å²) in [5, 5.41) is 5.63. The Kier molecular flexibility index (Phi) is 3.37. The number of imidazole rings is 1. The van der Waals surface area contributed by atoms with Crippen molar-refractivity contribution in [2.24, 2.45) is 5.92 Å². The van der Waals surface area contributed by atoms with E-state index < -0.39 is 0 Å². The lowest BCUT2D eigenvalue weighted by Crippen LogP contribution is -2.27. The van der Waals surface area contributed by atoms with Crippen LogP contribution in [0.5, 0.6) is 0 Å². The van der Waals surface area contributed by atoms with E-state index in [0.717, 1.165) is 30.4 Å². The number of rotatable bonds is 4. The zero-order valence-electron chi connectivity index (χ0n) is 10.8. The Morgan fingerprint density at radius 3 is 3.28 bits per heavy atom. The summed E-state index contributed by atoms with van der Waals surface area (Å²) >= 11 is 1.69. The van der Waals surface area contributed by atoms with Crippen LogP contribution in [-0.4, -0.2) is 28.6 Å². The number of nitrogens with zero attached hydrogens (tertiary/aromatic N) is 2. The first-order valence-corrected chi connectivity index (χ1v) is 7.37. The van der Waals surface area contributed by atoms with E-state index in [1.807, 2.05) is 0 Å². The van der Waals surface area contributed by atoms with Crippen molar-refractivity contribution in [3.63, 3.8) is 0 Å². The lowest BCUT2D eigenvalue weighted by atomic mass is 10.0. The second kappa shape index (κ2) is 4.99. The summed E-state index contributed by atoms with van der Waals surface area (Å²) < 4.78 is 7.76. The summed E-state index contributed by atoms with van der Waals surface area (Å²) in [5.41, 5.74) is 2.41. The van der Waals surface area contributed by atoms with Crippen LogP contribution in [0, 0.1) is 12.8 Å². The van der Waals surface area contributed by atoms with Crippen molar-refractivity contribution in [3.05, 3.63) is 23.0 Å². The number of aryl methyl sites for hydroxylation is 1. The minimum atomic E-state index is 0.394. The zero-order valence-corrected chi connectivity index (χ0v) is 11.7. The molecule has 0 aliphatic carbocycles. The third-order valence-electron chi connectivity index (χ3n) is 3.79. The van der Waals surface area contributed by atoms with Crippen LogP contribution in [0.25, 0.3) is 4.96 Å². The fourth-order valence-corrected chi connectivity index (χ4v) is 3.35. The lowest BCUT2D eigenvalue weighted by molar-refractivity contribution is 0.105. The number of hydrogen-bond acceptors (Lipinski definition) is 4. The number of ether oxygens (including phenoxy) is 1. The van der Waals surface area contributed by atoms with Gasteiger partial charge in [0.15, 0.2) is 4.96 Å². The van der Waals surface area contributed by atoms with Crippen LogP contribution >= 0.6 is 11.3 Å². The van der Waals surface area contributed by atoms with E-state index in [1.165, 1.54) is 12.1 Å². The number of thiazole rings is 1. The predicted molar refractivity (Wildman–Crippen MR) is 73.0 cm³/mol. The van der Waals surface area contributed by atoms with E-state index >= 15 is 0 Å². The first-order valence-electron chi connectivity index (χ1n) is 6.49. The molecule has 3 heterocycles. The van der Waals surface area contributed by atoms with Crippen LogP contribution in [0.15, 0.2) is 11.6 Å². The highest BCUT2D eigenvalue weighted by atomic mass is 32.1. The van der Waals surface area contributed by atoms with Gasteiger partial charge in [-0.3, -0.25) is 4.40 Å². The summed E-state index contributed by atoms with van der Waals surface area (Å²) in [6.45, 7) is 7.07. The molecular weight excluding hydrogens is 246 g/mol. The maximum Gasteiger partial charge on any atom is 0.194 e. The van der Waals surface area contributed by atoms with E-state index in [0.29, 0.717) is 12.0 Å². The first-order chi connectivity index (χ1) is 8.75. The molecule has 18 heavy (non-hydrogen) atoms. The molecule has 1 fully saturated rings. The molecule has 0 amide bonds. The van der Waals surface area contributed by atoms with Gasteiger partial charge in [0.25, 0.3) is 0 Å². The number of hydrogen-bond donors (Lipinski definition) is 1. The van der Waals surface area contributed by atoms with Gasteiger partial charge in [-0.25, -0.2) is 4.98 Å². The quantitative estimate of drug-likeness (QED) is 0.921. The molecule has 0 spiro atoms. The standard InChI is InChI=1S/C13H19N3OS/c1-9-12(16-4-6-18-13(16)15-9)8-14-7-11-3-5-17-10(11)2/h4,6,10-11,14H,3,5,7-8H2,1-2H3. The van der Waals surface area contributed by atoms with Gasteiger partial charge in [0.1, 0.15) is 0 Å². The second-order valence-electron chi connectivity index (χ2n) is 4.96. The van der Waals surface area contributed by atoms with Gasteiger partial charge >= 0.3 is 0 Å². The van der Waals surface area contributed by atoms with Gasteiger partial charge < -0.3 is 10.1 Å². The van der Waals surface area contributed by atoms with Gasteiger partial charge in [-0.2, -0.15) is 0 Å². The van der Waals surface area contributed by atoms with E-state index in [4.69, 9.17) is 4.74 Å². The highest BCUT2D eigenvalue weighted by molar-refractivity contribution is 7.15. The maximum absolute atomic E-state index is 5.58. The van der Waals surface area contributed by atoms with Gasteiger partial charge in [-0.1, -0.05) is 0 Å². The Bertz CT molecular complexity index is 533. The summed E-state index contributed by atoms with van der Waals surface area (Å²) in [6, 6.07) is 0. The smallest absolute Gasteiger partial charge is 0.194 e. The molecule has 2 atom stereocenters. The maximum atomic E-state index is 5.58.